The Kier molecular flexibility index (Phi) is 5.49. The normalized spacial score (nSPS) is 15.8. The van der Waals surface area contributed by atoms with Crippen LogP contribution in [0.4, 0.5) is 0 Å². The van der Waals surface area contributed by atoms with E-state index in [2.05, 4.69) is 17.4 Å². The van der Waals surface area contributed by atoms with Gasteiger partial charge in [0.25, 0.3) is 0 Å². The van der Waals surface area contributed by atoms with Crippen LogP contribution in [0.3, 0.4) is 0 Å². The van der Waals surface area contributed by atoms with Crippen LogP contribution in [0.1, 0.15) is 18.4 Å². The molecule has 1 saturated heterocycles. The van der Waals surface area contributed by atoms with Gasteiger partial charge in [-0.25, -0.2) is 0 Å². The van der Waals surface area contributed by atoms with E-state index in [4.69, 9.17) is 9.47 Å². The zero-order chi connectivity index (χ0) is 11.8. The van der Waals surface area contributed by atoms with Crippen LogP contribution in [-0.2, 0) is 16.1 Å². The number of ether oxygens (including phenoxy) is 2. The van der Waals surface area contributed by atoms with Gasteiger partial charge in [-0.3, -0.25) is 0 Å². The van der Waals surface area contributed by atoms with Crippen molar-refractivity contribution in [2.24, 2.45) is 0 Å². The monoisotopic (exact) mass is 235 g/mol. The van der Waals surface area contributed by atoms with Crippen molar-refractivity contribution in [1.29, 1.82) is 0 Å². The molecule has 0 saturated carbocycles. The predicted octanol–water partition coefficient (Wildman–Crippen LogP) is 1.97. The van der Waals surface area contributed by atoms with Crippen molar-refractivity contribution in [3.05, 3.63) is 35.9 Å². The fourth-order valence-electron chi connectivity index (χ4n) is 1.75. The molecule has 1 heterocycles. The fraction of sp³-hybridized carbons (Fsp3) is 0.571. The molecular weight excluding hydrogens is 214 g/mol. The summed E-state index contributed by atoms with van der Waals surface area (Å²) < 4.78 is 10.7. The van der Waals surface area contributed by atoms with Crippen molar-refractivity contribution in [3.63, 3.8) is 0 Å². The Morgan fingerprint density at radius 2 is 2.00 bits per heavy atom. The van der Waals surface area contributed by atoms with Gasteiger partial charge in [0.05, 0.1) is 25.9 Å². The summed E-state index contributed by atoms with van der Waals surface area (Å²) in [6.45, 7) is 4.40. The molecule has 3 heteroatoms. The standard InChI is InChI=1S/C14H21NO2/c1-2-6-13(7-3-1)10-16-9-5-4-8-15-14-11-17-12-14/h1-3,6-7,14-15H,4-5,8-12H2. The van der Waals surface area contributed by atoms with Crippen LogP contribution < -0.4 is 5.32 Å². The summed E-state index contributed by atoms with van der Waals surface area (Å²) in [5.74, 6) is 0. The minimum absolute atomic E-state index is 0.597. The first-order chi connectivity index (χ1) is 8.45. The van der Waals surface area contributed by atoms with Crippen molar-refractivity contribution in [2.75, 3.05) is 26.4 Å². The molecule has 94 valence electrons. The molecule has 2 rings (SSSR count). The molecule has 17 heavy (non-hydrogen) atoms. The summed E-state index contributed by atoms with van der Waals surface area (Å²) in [7, 11) is 0. The minimum Gasteiger partial charge on any atom is -0.378 e. The van der Waals surface area contributed by atoms with E-state index in [1.54, 1.807) is 0 Å². The lowest BCUT2D eigenvalue weighted by Crippen LogP contribution is -2.46. The Morgan fingerprint density at radius 1 is 1.18 bits per heavy atom. The number of hydrogen-bond donors (Lipinski definition) is 1. The van der Waals surface area contributed by atoms with Gasteiger partial charge in [0, 0.05) is 6.61 Å². The maximum absolute atomic E-state index is 5.61. The van der Waals surface area contributed by atoms with Gasteiger partial charge in [0.2, 0.25) is 0 Å². The van der Waals surface area contributed by atoms with Crippen molar-refractivity contribution >= 4 is 0 Å². The number of benzene rings is 1. The molecule has 1 aromatic rings. The zero-order valence-electron chi connectivity index (χ0n) is 10.2. The average Bonchev–Trinajstić information content (AvgIpc) is 2.31. The van der Waals surface area contributed by atoms with E-state index in [1.807, 2.05) is 18.2 Å². The number of nitrogens with one attached hydrogen (secondary N) is 1. The topological polar surface area (TPSA) is 30.5 Å². The SMILES string of the molecule is c1ccc(COCCCCNC2COC2)cc1. The highest BCUT2D eigenvalue weighted by molar-refractivity contribution is 5.13. The number of unbranched alkanes of at least 4 members (excludes halogenated alkanes) is 1. The summed E-state index contributed by atoms with van der Waals surface area (Å²) in [5.41, 5.74) is 1.25. The Balaban J connectivity index is 1.41. The molecule has 1 N–H and O–H groups in total. The summed E-state index contributed by atoms with van der Waals surface area (Å²) >= 11 is 0. The molecule has 0 radical (unpaired) electrons. The highest BCUT2D eigenvalue weighted by Gasteiger charge is 2.16. The molecule has 0 aromatic heterocycles. The minimum atomic E-state index is 0.597. The first-order valence-corrected chi connectivity index (χ1v) is 6.38. The van der Waals surface area contributed by atoms with Gasteiger partial charge in [-0.2, -0.15) is 0 Å². The lowest BCUT2D eigenvalue weighted by Gasteiger charge is -2.26. The van der Waals surface area contributed by atoms with E-state index in [9.17, 15) is 0 Å². The van der Waals surface area contributed by atoms with E-state index in [0.29, 0.717) is 6.04 Å². The Labute approximate surface area is 103 Å². The molecule has 1 aromatic carbocycles. The number of hydrogen-bond acceptors (Lipinski definition) is 3. The molecule has 0 spiro atoms. The summed E-state index contributed by atoms with van der Waals surface area (Å²) in [6, 6.07) is 10.9. The van der Waals surface area contributed by atoms with E-state index >= 15 is 0 Å². The lowest BCUT2D eigenvalue weighted by molar-refractivity contribution is -0.00520. The van der Waals surface area contributed by atoms with Crippen LogP contribution in [0.5, 0.6) is 0 Å². The molecule has 1 fully saturated rings. The molecule has 0 bridgehead atoms. The second-order valence-corrected chi connectivity index (χ2v) is 4.43. The largest absolute Gasteiger partial charge is 0.378 e. The first-order valence-electron chi connectivity index (χ1n) is 6.38. The first kappa shape index (κ1) is 12.6. The highest BCUT2D eigenvalue weighted by Crippen LogP contribution is 2.02. The summed E-state index contributed by atoms with van der Waals surface area (Å²) in [4.78, 5) is 0. The van der Waals surface area contributed by atoms with Gasteiger partial charge >= 0.3 is 0 Å². The maximum Gasteiger partial charge on any atom is 0.0716 e. The molecule has 0 aliphatic carbocycles. The summed E-state index contributed by atoms with van der Waals surface area (Å²) in [6.07, 6.45) is 2.29. The van der Waals surface area contributed by atoms with Gasteiger partial charge in [0.1, 0.15) is 0 Å². The van der Waals surface area contributed by atoms with Crippen LogP contribution in [0.25, 0.3) is 0 Å². The molecule has 1 aliphatic rings. The molecule has 0 amide bonds. The maximum atomic E-state index is 5.61. The van der Waals surface area contributed by atoms with Gasteiger partial charge in [-0.15, -0.1) is 0 Å². The van der Waals surface area contributed by atoms with Gasteiger partial charge in [-0.1, -0.05) is 30.3 Å². The zero-order valence-corrected chi connectivity index (χ0v) is 10.2. The quantitative estimate of drug-likeness (QED) is 0.699. The van der Waals surface area contributed by atoms with Crippen molar-refractivity contribution in [3.8, 4) is 0 Å². The van der Waals surface area contributed by atoms with E-state index < -0.39 is 0 Å². The lowest BCUT2D eigenvalue weighted by atomic mass is 10.2. The second-order valence-electron chi connectivity index (χ2n) is 4.43. The molecular formula is C14H21NO2. The smallest absolute Gasteiger partial charge is 0.0716 e. The van der Waals surface area contributed by atoms with Crippen LogP contribution in [-0.4, -0.2) is 32.4 Å². The van der Waals surface area contributed by atoms with E-state index in [0.717, 1.165) is 39.4 Å². The molecule has 0 atom stereocenters. The van der Waals surface area contributed by atoms with Crippen LogP contribution >= 0.6 is 0 Å². The third-order valence-corrected chi connectivity index (χ3v) is 2.90. The van der Waals surface area contributed by atoms with Crippen LogP contribution in [0.15, 0.2) is 30.3 Å². The number of rotatable bonds is 8. The molecule has 3 nitrogen and oxygen atoms in total. The van der Waals surface area contributed by atoms with Crippen molar-refractivity contribution in [2.45, 2.75) is 25.5 Å². The van der Waals surface area contributed by atoms with Crippen LogP contribution in [0.2, 0.25) is 0 Å². The highest BCUT2D eigenvalue weighted by atomic mass is 16.5. The average molecular weight is 235 g/mol. The van der Waals surface area contributed by atoms with E-state index in [1.165, 1.54) is 12.0 Å². The van der Waals surface area contributed by atoms with Crippen molar-refractivity contribution < 1.29 is 9.47 Å². The Bertz CT molecular complexity index is 298. The van der Waals surface area contributed by atoms with Crippen LogP contribution in [0, 0.1) is 0 Å². The molecule has 0 unspecified atom stereocenters. The molecule has 1 aliphatic heterocycles. The third kappa shape index (κ3) is 4.86. The van der Waals surface area contributed by atoms with E-state index in [-0.39, 0.29) is 0 Å². The predicted molar refractivity (Wildman–Crippen MR) is 67.9 cm³/mol. The third-order valence-electron chi connectivity index (χ3n) is 2.90. The summed E-state index contributed by atoms with van der Waals surface area (Å²) in [5, 5.41) is 3.45. The Morgan fingerprint density at radius 3 is 2.71 bits per heavy atom. The van der Waals surface area contributed by atoms with Gasteiger partial charge < -0.3 is 14.8 Å². The van der Waals surface area contributed by atoms with Gasteiger partial charge in [0.15, 0.2) is 0 Å². The fourth-order valence-corrected chi connectivity index (χ4v) is 1.75. The second kappa shape index (κ2) is 7.43. The Hall–Kier alpha value is -0.900. The van der Waals surface area contributed by atoms with Crippen molar-refractivity contribution in [1.82, 2.24) is 5.32 Å². The van der Waals surface area contributed by atoms with Gasteiger partial charge in [-0.05, 0) is 24.9 Å².